The van der Waals surface area contributed by atoms with Crippen molar-refractivity contribution in [1.82, 2.24) is 9.80 Å². The summed E-state index contributed by atoms with van der Waals surface area (Å²) in [4.78, 5) is 16.4. The Hall–Kier alpha value is -2.10. The number of rotatable bonds is 4. The van der Waals surface area contributed by atoms with Crippen molar-refractivity contribution in [3.63, 3.8) is 0 Å². The van der Waals surface area contributed by atoms with Gasteiger partial charge in [-0.15, -0.1) is 0 Å². The summed E-state index contributed by atoms with van der Waals surface area (Å²) >= 11 is 0. The van der Waals surface area contributed by atoms with E-state index in [-0.39, 0.29) is 12.0 Å². The van der Waals surface area contributed by atoms with Gasteiger partial charge in [0.05, 0.1) is 17.2 Å². The first-order valence-electron chi connectivity index (χ1n) is 11.1. The van der Waals surface area contributed by atoms with Crippen molar-refractivity contribution in [2.75, 3.05) is 32.7 Å². The zero-order valence-electron chi connectivity index (χ0n) is 18.6. The van der Waals surface area contributed by atoms with Crippen LogP contribution in [0.25, 0.3) is 0 Å². The third kappa shape index (κ3) is 5.74. The van der Waals surface area contributed by atoms with E-state index in [1.54, 1.807) is 4.90 Å². The van der Waals surface area contributed by atoms with Gasteiger partial charge in [-0.05, 0) is 51.3 Å². The number of benzene rings is 1. The van der Waals surface area contributed by atoms with Gasteiger partial charge in [0.15, 0.2) is 0 Å². The molecule has 1 aliphatic heterocycles. The molecule has 1 aromatic rings. The van der Waals surface area contributed by atoms with Crippen molar-refractivity contribution in [1.29, 1.82) is 5.26 Å². The second-order valence-electron chi connectivity index (χ2n) is 9.72. The Kier molecular flexibility index (Phi) is 7.05. The van der Waals surface area contributed by atoms with Crippen LogP contribution in [0.2, 0.25) is 0 Å². The maximum absolute atomic E-state index is 12.3. The van der Waals surface area contributed by atoms with Crippen molar-refractivity contribution in [3.8, 4) is 6.07 Å². The van der Waals surface area contributed by atoms with Gasteiger partial charge in [-0.25, -0.2) is 4.79 Å². The van der Waals surface area contributed by atoms with Crippen LogP contribution in [0.3, 0.4) is 0 Å². The van der Waals surface area contributed by atoms with Crippen LogP contribution in [0.1, 0.15) is 69.9 Å². The zero-order valence-corrected chi connectivity index (χ0v) is 18.6. The summed E-state index contributed by atoms with van der Waals surface area (Å²) in [7, 11) is 0. The molecule has 0 aromatic heterocycles. The summed E-state index contributed by atoms with van der Waals surface area (Å²) in [5.74, 6) is -0.0424. The Bertz CT molecular complexity index is 767. The molecule has 1 atom stereocenters. The average molecular weight is 414 g/mol. The van der Waals surface area contributed by atoms with Crippen LogP contribution in [0.4, 0.5) is 4.79 Å². The highest BCUT2D eigenvalue weighted by Gasteiger charge is 2.40. The topological polar surface area (TPSA) is 76.8 Å². The number of carbonyl (C=O) groups excluding carboxylic acids is 1. The van der Waals surface area contributed by atoms with Crippen LogP contribution < -0.4 is 0 Å². The quantitative estimate of drug-likeness (QED) is 0.810. The van der Waals surface area contributed by atoms with Gasteiger partial charge in [0, 0.05) is 38.6 Å². The van der Waals surface area contributed by atoms with Gasteiger partial charge >= 0.3 is 6.09 Å². The molecule has 0 spiro atoms. The molecule has 30 heavy (non-hydrogen) atoms. The largest absolute Gasteiger partial charge is 0.444 e. The number of hydrogen-bond donors (Lipinski definition) is 1. The molecular weight excluding hydrogens is 378 g/mol. The van der Waals surface area contributed by atoms with E-state index in [1.165, 1.54) is 6.42 Å². The van der Waals surface area contributed by atoms with Crippen LogP contribution >= 0.6 is 0 Å². The maximum atomic E-state index is 12.3. The normalized spacial score (nSPS) is 21.0. The summed E-state index contributed by atoms with van der Waals surface area (Å²) < 4.78 is 5.50. The molecule has 6 heteroatoms. The fourth-order valence-electron chi connectivity index (χ4n) is 4.62. The molecule has 2 aliphatic rings. The van der Waals surface area contributed by atoms with E-state index >= 15 is 0 Å². The van der Waals surface area contributed by atoms with Crippen LogP contribution in [0.15, 0.2) is 24.3 Å². The summed E-state index contributed by atoms with van der Waals surface area (Å²) in [6, 6.07) is 9.91. The number of aliphatic hydroxyl groups is 1. The minimum atomic E-state index is -0.741. The van der Waals surface area contributed by atoms with Crippen molar-refractivity contribution in [3.05, 3.63) is 35.4 Å². The van der Waals surface area contributed by atoms with Crippen LogP contribution in [-0.2, 0) is 4.74 Å². The van der Waals surface area contributed by atoms with Gasteiger partial charge in [0.25, 0.3) is 0 Å². The molecule has 2 fully saturated rings. The van der Waals surface area contributed by atoms with E-state index in [0.29, 0.717) is 18.7 Å². The van der Waals surface area contributed by atoms with Crippen LogP contribution in [0, 0.1) is 11.3 Å². The molecule has 1 aliphatic carbocycles. The smallest absolute Gasteiger partial charge is 0.410 e. The number of piperazine rings is 1. The average Bonchev–Trinajstić information content (AvgIpc) is 2.71. The lowest BCUT2D eigenvalue weighted by Crippen LogP contribution is -2.52. The number of nitrogens with zero attached hydrogens (tertiary/aromatic N) is 3. The highest BCUT2D eigenvalue weighted by molar-refractivity contribution is 5.68. The number of hydrogen-bond acceptors (Lipinski definition) is 5. The fourth-order valence-corrected chi connectivity index (χ4v) is 4.62. The molecule has 3 rings (SSSR count). The molecule has 6 nitrogen and oxygen atoms in total. The predicted molar refractivity (Wildman–Crippen MR) is 116 cm³/mol. The van der Waals surface area contributed by atoms with Crippen LogP contribution in [-0.4, -0.2) is 64.9 Å². The van der Waals surface area contributed by atoms with E-state index < -0.39 is 11.2 Å². The Labute approximate surface area is 180 Å². The highest BCUT2D eigenvalue weighted by Crippen LogP contribution is 2.40. The molecule has 1 amide bonds. The number of nitriles is 1. The van der Waals surface area contributed by atoms with Crippen molar-refractivity contribution < 1.29 is 14.6 Å². The Balaban J connectivity index is 1.70. The second kappa shape index (κ2) is 9.36. The van der Waals surface area contributed by atoms with Crippen molar-refractivity contribution in [2.45, 2.75) is 70.0 Å². The van der Waals surface area contributed by atoms with Gasteiger partial charge < -0.3 is 14.7 Å². The molecule has 1 saturated heterocycles. The molecule has 1 N–H and O–H groups in total. The Morgan fingerprint density at radius 3 is 2.47 bits per heavy atom. The monoisotopic (exact) mass is 413 g/mol. The van der Waals surface area contributed by atoms with Gasteiger partial charge in [-0.1, -0.05) is 31.4 Å². The van der Waals surface area contributed by atoms with Gasteiger partial charge in [0.1, 0.15) is 5.60 Å². The SMILES string of the molecule is CC(C)(C)OC(=O)N1CCN(CC(c2cccc(C#N)c2)C2(O)CCCCC2)CC1. The maximum Gasteiger partial charge on any atom is 0.410 e. The predicted octanol–water partition coefficient (Wildman–Crippen LogP) is 3.89. The minimum Gasteiger partial charge on any atom is -0.444 e. The molecule has 164 valence electrons. The number of ether oxygens (including phenoxy) is 1. The summed E-state index contributed by atoms with van der Waals surface area (Å²) in [5.41, 5.74) is 0.434. The van der Waals surface area contributed by atoms with E-state index in [9.17, 15) is 15.2 Å². The fraction of sp³-hybridized carbons (Fsp3) is 0.667. The molecule has 1 heterocycles. The van der Waals surface area contributed by atoms with E-state index in [2.05, 4.69) is 11.0 Å². The third-order valence-electron chi connectivity index (χ3n) is 6.25. The highest BCUT2D eigenvalue weighted by atomic mass is 16.6. The lowest BCUT2D eigenvalue weighted by atomic mass is 9.72. The lowest BCUT2D eigenvalue weighted by Gasteiger charge is -2.43. The molecular formula is C24H35N3O3. The van der Waals surface area contributed by atoms with E-state index in [0.717, 1.165) is 50.9 Å². The van der Waals surface area contributed by atoms with Gasteiger partial charge in [-0.3, -0.25) is 4.90 Å². The molecule has 0 bridgehead atoms. The molecule has 1 unspecified atom stereocenters. The van der Waals surface area contributed by atoms with Crippen molar-refractivity contribution in [2.24, 2.45) is 0 Å². The number of carbonyl (C=O) groups is 1. The molecule has 0 radical (unpaired) electrons. The third-order valence-corrected chi connectivity index (χ3v) is 6.25. The van der Waals surface area contributed by atoms with Crippen molar-refractivity contribution >= 4 is 6.09 Å². The lowest BCUT2D eigenvalue weighted by molar-refractivity contribution is -0.0357. The minimum absolute atomic E-state index is 0.0424. The van der Waals surface area contributed by atoms with E-state index in [1.807, 2.05) is 45.0 Å². The first-order chi connectivity index (χ1) is 14.2. The summed E-state index contributed by atoms with van der Waals surface area (Å²) in [5, 5.41) is 20.9. The first-order valence-corrected chi connectivity index (χ1v) is 11.1. The summed E-state index contributed by atoms with van der Waals surface area (Å²) in [6.07, 6.45) is 4.58. The second-order valence-corrected chi connectivity index (χ2v) is 9.72. The summed E-state index contributed by atoms with van der Waals surface area (Å²) in [6.45, 7) is 9.13. The Morgan fingerprint density at radius 2 is 1.87 bits per heavy atom. The molecule has 1 aromatic carbocycles. The molecule has 1 saturated carbocycles. The number of amides is 1. The van der Waals surface area contributed by atoms with Gasteiger partial charge in [0.2, 0.25) is 0 Å². The van der Waals surface area contributed by atoms with E-state index in [4.69, 9.17) is 4.74 Å². The zero-order chi connectivity index (χ0) is 21.8. The van der Waals surface area contributed by atoms with Crippen LogP contribution in [0.5, 0.6) is 0 Å². The Morgan fingerprint density at radius 1 is 1.20 bits per heavy atom. The first kappa shape index (κ1) is 22.6. The standard InChI is InChI=1S/C24H35N3O3/c1-23(2,3)30-22(28)27-14-12-26(13-15-27)18-21(24(29)10-5-4-6-11-24)20-9-7-8-19(16-20)17-25/h7-9,16,21,29H,4-6,10-15,18H2,1-3H3. The van der Waals surface area contributed by atoms with Gasteiger partial charge in [-0.2, -0.15) is 5.26 Å².